The molecule has 4 nitrogen and oxygen atoms in total. The van der Waals surface area contributed by atoms with Crippen LogP contribution in [0, 0.1) is 0 Å². The number of pyridine rings is 1. The molecule has 0 unspecified atom stereocenters. The zero-order chi connectivity index (χ0) is 15.2. The average molecular weight is 290 g/mol. The van der Waals surface area contributed by atoms with Gasteiger partial charge in [0.15, 0.2) is 0 Å². The Balaban J connectivity index is 1.72. The number of rotatable bonds is 3. The highest BCUT2D eigenvalue weighted by molar-refractivity contribution is 5.87. The molecule has 1 aromatic heterocycles. The molecule has 1 amide bonds. The highest BCUT2D eigenvalue weighted by Gasteiger charge is 2.06. The van der Waals surface area contributed by atoms with Crippen LogP contribution >= 0.6 is 0 Å². The third kappa shape index (κ3) is 3.49. The van der Waals surface area contributed by atoms with Gasteiger partial charge in [-0.2, -0.15) is 0 Å². The van der Waals surface area contributed by atoms with Crippen molar-refractivity contribution in [2.24, 2.45) is 0 Å². The molecule has 1 N–H and O–H groups in total. The first-order chi connectivity index (χ1) is 10.8. The van der Waals surface area contributed by atoms with E-state index in [4.69, 9.17) is 4.74 Å². The van der Waals surface area contributed by atoms with Gasteiger partial charge in [0.05, 0.1) is 5.69 Å². The molecule has 108 valence electrons. The monoisotopic (exact) mass is 290 g/mol. The van der Waals surface area contributed by atoms with E-state index in [0.29, 0.717) is 11.4 Å². The lowest BCUT2D eigenvalue weighted by Crippen LogP contribution is -2.16. The number of anilines is 1. The molecule has 0 aliphatic heterocycles. The predicted molar refractivity (Wildman–Crippen MR) is 85.8 cm³/mol. The minimum absolute atomic E-state index is 0.498. The van der Waals surface area contributed by atoms with Gasteiger partial charge in [-0.25, -0.2) is 4.79 Å². The number of amides is 1. The predicted octanol–water partition coefficient (Wildman–Crippen LogP) is 4.36. The smallest absolute Gasteiger partial charge is 0.410 e. The molecule has 0 bridgehead atoms. The van der Waals surface area contributed by atoms with Crippen molar-refractivity contribution >= 4 is 11.8 Å². The SMILES string of the molecule is O=C(Nc1ccnc(-c2ccccc2)c1)Oc1ccccc1. The number of ether oxygens (including phenoxy) is 1. The summed E-state index contributed by atoms with van der Waals surface area (Å²) < 4.78 is 5.19. The Morgan fingerprint density at radius 1 is 0.909 bits per heavy atom. The van der Waals surface area contributed by atoms with Crippen molar-refractivity contribution in [2.75, 3.05) is 5.32 Å². The number of hydrogen-bond acceptors (Lipinski definition) is 3. The fraction of sp³-hybridized carbons (Fsp3) is 0. The van der Waals surface area contributed by atoms with Crippen LogP contribution in [0.5, 0.6) is 5.75 Å². The second-order valence-corrected chi connectivity index (χ2v) is 4.62. The topological polar surface area (TPSA) is 51.2 Å². The summed E-state index contributed by atoms with van der Waals surface area (Å²) in [6.07, 6.45) is 1.12. The van der Waals surface area contributed by atoms with Gasteiger partial charge < -0.3 is 4.74 Å². The summed E-state index contributed by atoms with van der Waals surface area (Å²) in [5.74, 6) is 0.498. The second-order valence-electron chi connectivity index (χ2n) is 4.62. The molecular weight excluding hydrogens is 276 g/mol. The van der Waals surface area contributed by atoms with E-state index in [-0.39, 0.29) is 0 Å². The largest absolute Gasteiger partial charge is 0.417 e. The number of nitrogens with one attached hydrogen (secondary N) is 1. The lowest BCUT2D eigenvalue weighted by Gasteiger charge is -2.08. The fourth-order valence-corrected chi connectivity index (χ4v) is 2.01. The Kier molecular flexibility index (Phi) is 4.11. The van der Waals surface area contributed by atoms with E-state index in [1.54, 1.807) is 24.4 Å². The Bertz CT molecular complexity index is 758. The van der Waals surface area contributed by atoms with Crippen LogP contribution < -0.4 is 10.1 Å². The molecule has 3 rings (SSSR count). The number of hydrogen-bond donors (Lipinski definition) is 1. The van der Waals surface area contributed by atoms with Gasteiger partial charge >= 0.3 is 6.09 Å². The molecular formula is C18H14N2O2. The maximum Gasteiger partial charge on any atom is 0.417 e. The normalized spacial score (nSPS) is 10.0. The molecule has 0 aliphatic rings. The standard InChI is InChI=1S/C18H14N2O2/c21-18(22-16-9-5-2-6-10-16)20-15-11-12-19-17(13-15)14-7-3-1-4-8-14/h1-13H,(H,19,20,21). The molecule has 3 aromatic rings. The van der Waals surface area contributed by atoms with Gasteiger partial charge in [0.25, 0.3) is 0 Å². The minimum atomic E-state index is -0.531. The van der Waals surface area contributed by atoms with Crippen molar-refractivity contribution in [1.82, 2.24) is 4.98 Å². The van der Waals surface area contributed by atoms with Crippen LogP contribution in [0.25, 0.3) is 11.3 Å². The van der Waals surface area contributed by atoms with Crippen LogP contribution in [0.2, 0.25) is 0 Å². The van der Waals surface area contributed by atoms with E-state index in [9.17, 15) is 4.79 Å². The number of carbonyl (C=O) groups is 1. The first-order valence-electron chi connectivity index (χ1n) is 6.86. The van der Waals surface area contributed by atoms with Gasteiger partial charge in [0, 0.05) is 17.4 Å². The van der Waals surface area contributed by atoms with Crippen molar-refractivity contribution < 1.29 is 9.53 Å². The van der Waals surface area contributed by atoms with Crippen molar-refractivity contribution in [3.63, 3.8) is 0 Å². The number of carbonyl (C=O) groups excluding carboxylic acids is 1. The van der Waals surface area contributed by atoms with Crippen LogP contribution in [0.3, 0.4) is 0 Å². The molecule has 0 radical (unpaired) electrons. The van der Waals surface area contributed by atoms with Gasteiger partial charge in [0.1, 0.15) is 5.75 Å². The van der Waals surface area contributed by atoms with Crippen LogP contribution in [-0.2, 0) is 0 Å². The Labute approximate surface area is 128 Å². The van der Waals surface area contributed by atoms with Gasteiger partial charge in [-0.15, -0.1) is 0 Å². The fourth-order valence-electron chi connectivity index (χ4n) is 2.01. The van der Waals surface area contributed by atoms with Gasteiger partial charge in [-0.1, -0.05) is 48.5 Å². The highest BCUT2D eigenvalue weighted by atomic mass is 16.6. The molecule has 0 saturated carbocycles. The number of nitrogens with zero attached hydrogens (tertiary/aromatic N) is 1. The Morgan fingerprint density at radius 3 is 2.32 bits per heavy atom. The third-order valence-electron chi connectivity index (χ3n) is 3.03. The molecule has 0 atom stereocenters. The zero-order valence-corrected chi connectivity index (χ0v) is 11.8. The quantitative estimate of drug-likeness (QED) is 0.779. The molecule has 0 aliphatic carbocycles. The van der Waals surface area contributed by atoms with Crippen LogP contribution in [0.1, 0.15) is 0 Å². The summed E-state index contributed by atoms with van der Waals surface area (Å²) in [7, 11) is 0. The maximum atomic E-state index is 11.9. The third-order valence-corrected chi connectivity index (χ3v) is 3.03. The van der Waals surface area contributed by atoms with E-state index in [1.807, 2.05) is 54.6 Å². The number of benzene rings is 2. The second kappa shape index (κ2) is 6.54. The van der Waals surface area contributed by atoms with Crippen LogP contribution in [-0.4, -0.2) is 11.1 Å². The molecule has 0 saturated heterocycles. The molecule has 2 aromatic carbocycles. The van der Waals surface area contributed by atoms with Crippen LogP contribution in [0.15, 0.2) is 79.0 Å². The summed E-state index contributed by atoms with van der Waals surface area (Å²) in [4.78, 5) is 16.2. The molecule has 22 heavy (non-hydrogen) atoms. The van der Waals surface area contributed by atoms with Gasteiger partial charge in [0.2, 0.25) is 0 Å². The Hall–Kier alpha value is -3.14. The lowest BCUT2D eigenvalue weighted by molar-refractivity contribution is 0.215. The van der Waals surface area contributed by atoms with Crippen molar-refractivity contribution in [1.29, 1.82) is 0 Å². The summed E-state index contributed by atoms with van der Waals surface area (Å²) in [5.41, 5.74) is 2.41. The average Bonchev–Trinajstić information content (AvgIpc) is 2.57. The number of para-hydroxylation sites is 1. The van der Waals surface area contributed by atoms with E-state index in [2.05, 4.69) is 10.3 Å². The molecule has 1 heterocycles. The van der Waals surface area contributed by atoms with E-state index in [1.165, 1.54) is 0 Å². The first-order valence-corrected chi connectivity index (χ1v) is 6.86. The summed E-state index contributed by atoms with van der Waals surface area (Å²) in [6.45, 7) is 0. The minimum Gasteiger partial charge on any atom is -0.410 e. The van der Waals surface area contributed by atoms with Crippen molar-refractivity contribution in [3.8, 4) is 17.0 Å². The summed E-state index contributed by atoms with van der Waals surface area (Å²) in [6, 6.07) is 22.2. The molecule has 4 heteroatoms. The Morgan fingerprint density at radius 2 is 1.59 bits per heavy atom. The van der Waals surface area contributed by atoms with E-state index < -0.39 is 6.09 Å². The molecule has 0 fully saturated rings. The van der Waals surface area contributed by atoms with Gasteiger partial charge in [-0.3, -0.25) is 10.3 Å². The highest BCUT2D eigenvalue weighted by Crippen LogP contribution is 2.20. The summed E-state index contributed by atoms with van der Waals surface area (Å²) in [5, 5.41) is 2.70. The van der Waals surface area contributed by atoms with Crippen LogP contribution in [0.4, 0.5) is 10.5 Å². The van der Waals surface area contributed by atoms with E-state index >= 15 is 0 Å². The zero-order valence-electron chi connectivity index (χ0n) is 11.8. The molecule has 0 spiro atoms. The van der Waals surface area contributed by atoms with E-state index in [0.717, 1.165) is 11.3 Å². The van der Waals surface area contributed by atoms with Crippen molar-refractivity contribution in [3.05, 3.63) is 79.0 Å². The summed E-state index contributed by atoms with van der Waals surface area (Å²) >= 11 is 0. The van der Waals surface area contributed by atoms with Gasteiger partial charge in [-0.05, 0) is 24.3 Å². The maximum absolute atomic E-state index is 11.9. The first kappa shape index (κ1) is 13.8. The van der Waals surface area contributed by atoms with Crippen molar-refractivity contribution in [2.45, 2.75) is 0 Å². The lowest BCUT2D eigenvalue weighted by atomic mass is 10.1. The number of aromatic nitrogens is 1.